The lowest BCUT2D eigenvalue weighted by atomic mass is 9.94. The van der Waals surface area contributed by atoms with Crippen LogP contribution in [-0.2, 0) is 19.9 Å². The number of hydrogen-bond acceptors (Lipinski definition) is 9. The Kier molecular flexibility index (Phi) is 7.89. The van der Waals surface area contributed by atoms with Gasteiger partial charge in [-0.25, -0.2) is 0 Å². The number of carbonyl (C=O) groups is 5. The summed E-state index contributed by atoms with van der Waals surface area (Å²) in [6, 6.07) is 17.7. The van der Waals surface area contributed by atoms with E-state index in [1.54, 1.807) is 55.2 Å². The average molecular weight is 695 g/mol. The first-order chi connectivity index (χ1) is 25.0. The summed E-state index contributed by atoms with van der Waals surface area (Å²) in [5, 5.41) is 20.7. The Balaban J connectivity index is 0.843. The molecule has 0 aliphatic carbocycles. The highest BCUT2D eigenvalue weighted by Gasteiger charge is 2.45. The van der Waals surface area contributed by atoms with Crippen LogP contribution in [0.25, 0.3) is 10.8 Å². The van der Waals surface area contributed by atoms with Crippen molar-refractivity contribution in [2.75, 3.05) is 36.4 Å². The van der Waals surface area contributed by atoms with Gasteiger partial charge in [-0.3, -0.25) is 43.8 Å². The number of benzene rings is 3. The zero-order valence-electron chi connectivity index (χ0n) is 28.6. The molecule has 0 bridgehead atoms. The van der Waals surface area contributed by atoms with E-state index in [2.05, 4.69) is 43.4 Å². The van der Waals surface area contributed by atoms with Crippen molar-refractivity contribution in [2.24, 2.45) is 5.92 Å². The van der Waals surface area contributed by atoms with Crippen LogP contribution in [0.1, 0.15) is 58.5 Å². The molecule has 260 valence electrons. The van der Waals surface area contributed by atoms with Crippen molar-refractivity contribution in [3.05, 3.63) is 89.2 Å². The Labute approximate surface area is 299 Å². The number of hydrogen-bond donors (Lipinski definition) is 2. The van der Waals surface area contributed by atoms with Crippen LogP contribution < -0.4 is 15.5 Å². The van der Waals surface area contributed by atoms with Crippen LogP contribution in [-0.4, -0.2) is 87.4 Å². The lowest BCUT2D eigenvalue weighted by Gasteiger charge is -2.51. The molecule has 0 radical (unpaired) electrons. The highest BCUT2D eigenvalue weighted by atomic mass is 16.2. The van der Waals surface area contributed by atoms with Crippen LogP contribution in [0.4, 0.5) is 11.4 Å². The van der Waals surface area contributed by atoms with Gasteiger partial charge in [-0.1, -0.05) is 36.1 Å². The molecular weight excluding hydrogens is 660 g/mol. The number of nitriles is 1. The van der Waals surface area contributed by atoms with E-state index in [4.69, 9.17) is 0 Å². The van der Waals surface area contributed by atoms with Crippen molar-refractivity contribution in [2.45, 2.75) is 44.3 Å². The SMILES string of the molecule is CC(C)(C(=O)Nc1ccc(C#N)c2ccccc12)n1cc(C#CC2CN(C3CN(c4ccc5c(c4)C(=O)N(C4CCC(=O)NC4=O)C5=O)C3)C2)cn1. The van der Waals surface area contributed by atoms with E-state index in [9.17, 15) is 29.2 Å². The van der Waals surface area contributed by atoms with Crippen LogP contribution in [0, 0.1) is 29.1 Å². The van der Waals surface area contributed by atoms with Crippen molar-refractivity contribution in [3.8, 4) is 17.9 Å². The highest BCUT2D eigenvalue weighted by molar-refractivity contribution is 6.23. The molecule has 0 spiro atoms. The first kappa shape index (κ1) is 32.9. The highest BCUT2D eigenvalue weighted by Crippen LogP contribution is 2.34. The van der Waals surface area contributed by atoms with Gasteiger partial charge in [0.15, 0.2) is 0 Å². The molecule has 1 unspecified atom stereocenters. The zero-order valence-corrected chi connectivity index (χ0v) is 28.6. The van der Waals surface area contributed by atoms with E-state index in [0.29, 0.717) is 17.3 Å². The second-order valence-electron chi connectivity index (χ2n) is 14.2. The maximum absolute atomic E-state index is 13.4. The van der Waals surface area contributed by atoms with Gasteiger partial charge in [-0.05, 0) is 50.6 Å². The van der Waals surface area contributed by atoms with Crippen molar-refractivity contribution in [1.29, 1.82) is 5.26 Å². The number of piperidine rings is 1. The molecular formula is C39H34N8O5. The number of nitrogens with one attached hydrogen (secondary N) is 2. The third-order valence-corrected chi connectivity index (χ3v) is 10.5. The monoisotopic (exact) mass is 694 g/mol. The second kappa shape index (κ2) is 12.5. The first-order valence-electron chi connectivity index (χ1n) is 17.2. The summed E-state index contributed by atoms with van der Waals surface area (Å²) in [6.07, 6.45) is 3.65. The lowest BCUT2D eigenvalue weighted by molar-refractivity contribution is -0.136. The Morgan fingerprint density at radius 2 is 1.71 bits per heavy atom. The summed E-state index contributed by atoms with van der Waals surface area (Å²) in [4.78, 5) is 69.1. The third kappa shape index (κ3) is 5.56. The summed E-state index contributed by atoms with van der Waals surface area (Å²) in [6.45, 7) is 6.81. The maximum Gasteiger partial charge on any atom is 0.262 e. The van der Waals surface area contributed by atoms with Crippen LogP contribution in [0.5, 0.6) is 0 Å². The molecule has 4 aromatic rings. The van der Waals surface area contributed by atoms with Gasteiger partial charge in [0.2, 0.25) is 11.8 Å². The molecule has 3 aromatic carbocycles. The molecule has 5 amide bonds. The van der Waals surface area contributed by atoms with E-state index in [1.165, 1.54) is 0 Å². The molecule has 1 atom stereocenters. The maximum atomic E-state index is 13.4. The van der Waals surface area contributed by atoms with Gasteiger partial charge in [0.05, 0.1) is 34.5 Å². The van der Waals surface area contributed by atoms with E-state index < -0.39 is 35.2 Å². The van der Waals surface area contributed by atoms with Crippen LogP contribution in [0.3, 0.4) is 0 Å². The van der Waals surface area contributed by atoms with E-state index in [-0.39, 0.29) is 35.8 Å². The van der Waals surface area contributed by atoms with Gasteiger partial charge >= 0.3 is 0 Å². The minimum Gasteiger partial charge on any atom is -0.368 e. The summed E-state index contributed by atoms with van der Waals surface area (Å²) >= 11 is 0. The molecule has 8 rings (SSSR count). The average Bonchev–Trinajstić information content (AvgIpc) is 3.67. The molecule has 4 aliphatic heterocycles. The number of likely N-dealkylation sites (tertiary alicyclic amines) is 1. The fourth-order valence-electron chi connectivity index (χ4n) is 7.22. The Hall–Kier alpha value is -6.31. The Morgan fingerprint density at radius 3 is 2.46 bits per heavy atom. The standard InChI is InChI=1S/C39H34N8O5/c1-39(2,38(52)42-32-12-9-25(16-40)28-5-3-4-6-29(28)32)46-20-23(17-41-46)7-8-24-18-44(19-24)27-21-45(22-27)26-10-11-30-31(15-26)37(51)47(36(30)50)33-13-14-34(48)43-35(33)49/h3-6,9-12,15,17,20,24,27,33H,13-14,18-19,21-22H2,1-2H3,(H,42,52)(H,43,48,49). The summed E-state index contributed by atoms with van der Waals surface area (Å²) in [5.41, 5.74) is 2.28. The summed E-state index contributed by atoms with van der Waals surface area (Å²) in [5.74, 6) is 4.48. The topological polar surface area (TPSA) is 161 Å². The van der Waals surface area contributed by atoms with Crippen LogP contribution >= 0.6 is 0 Å². The smallest absolute Gasteiger partial charge is 0.262 e. The van der Waals surface area contributed by atoms with E-state index >= 15 is 0 Å². The Bertz CT molecular complexity index is 2320. The molecule has 5 heterocycles. The molecule has 13 nitrogen and oxygen atoms in total. The molecule has 2 N–H and O–H groups in total. The number of amides is 5. The minimum atomic E-state index is -1.01. The molecule has 3 fully saturated rings. The fourth-order valence-corrected chi connectivity index (χ4v) is 7.22. The lowest BCUT2D eigenvalue weighted by Crippen LogP contribution is -2.65. The van der Waals surface area contributed by atoms with Crippen molar-refractivity contribution >= 4 is 51.7 Å². The minimum absolute atomic E-state index is 0.0807. The quantitative estimate of drug-likeness (QED) is 0.229. The number of anilines is 2. The van der Waals surface area contributed by atoms with Gasteiger partial charge in [0.1, 0.15) is 11.6 Å². The Morgan fingerprint density at radius 1 is 0.962 bits per heavy atom. The van der Waals surface area contributed by atoms with Crippen molar-refractivity contribution < 1.29 is 24.0 Å². The number of nitrogens with zero attached hydrogens (tertiary/aromatic N) is 6. The van der Waals surface area contributed by atoms with E-state index in [1.807, 2.05) is 30.3 Å². The number of carbonyl (C=O) groups excluding carboxylic acids is 5. The fraction of sp³-hybridized carbons (Fsp3) is 0.308. The van der Waals surface area contributed by atoms with Gasteiger partial charge in [-0.2, -0.15) is 10.4 Å². The number of rotatable bonds is 6. The van der Waals surface area contributed by atoms with Crippen molar-refractivity contribution in [1.82, 2.24) is 24.9 Å². The zero-order chi connectivity index (χ0) is 36.3. The predicted molar refractivity (Wildman–Crippen MR) is 190 cm³/mol. The molecule has 4 aliphatic rings. The third-order valence-electron chi connectivity index (χ3n) is 10.5. The van der Waals surface area contributed by atoms with Crippen LogP contribution in [0.2, 0.25) is 0 Å². The van der Waals surface area contributed by atoms with Gasteiger partial charge in [0.25, 0.3) is 17.7 Å². The number of fused-ring (bicyclic) bond motifs is 2. The summed E-state index contributed by atoms with van der Waals surface area (Å²) < 4.78 is 1.61. The summed E-state index contributed by atoms with van der Waals surface area (Å²) in [7, 11) is 0. The number of aromatic nitrogens is 2. The molecule has 1 aromatic heterocycles. The van der Waals surface area contributed by atoms with Gasteiger partial charge < -0.3 is 10.2 Å². The molecule has 3 saturated heterocycles. The van der Waals surface area contributed by atoms with Gasteiger partial charge in [-0.15, -0.1) is 0 Å². The first-order valence-corrected chi connectivity index (χ1v) is 17.2. The van der Waals surface area contributed by atoms with Crippen molar-refractivity contribution in [3.63, 3.8) is 0 Å². The number of imide groups is 2. The molecule has 0 saturated carbocycles. The molecule has 13 heteroatoms. The molecule has 52 heavy (non-hydrogen) atoms. The van der Waals surface area contributed by atoms with Gasteiger partial charge in [0, 0.05) is 72.9 Å². The predicted octanol–water partition coefficient (Wildman–Crippen LogP) is 2.86. The normalized spacial score (nSPS) is 19.4. The largest absolute Gasteiger partial charge is 0.368 e. The second-order valence-corrected chi connectivity index (χ2v) is 14.2. The van der Waals surface area contributed by atoms with Crippen LogP contribution in [0.15, 0.2) is 67.0 Å². The van der Waals surface area contributed by atoms with E-state index in [0.717, 1.165) is 53.1 Å².